The summed E-state index contributed by atoms with van der Waals surface area (Å²) in [5.74, 6) is 0.165. The summed E-state index contributed by atoms with van der Waals surface area (Å²) in [5.41, 5.74) is 3.50. The lowest BCUT2D eigenvalue weighted by Crippen LogP contribution is -2.50. The third-order valence-corrected chi connectivity index (χ3v) is 6.50. The van der Waals surface area contributed by atoms with Crippen molar-refractivity contribution in [3.8, 4) is 5.69 Å². The SMILES string of the molecule is Cc1ccccc1-n1cnnc1S[C@H](C)C(=O)N1CCN(Cc2ccccc2)CC1. The molecule has 4 rings (SSSR count). The van der Waals surface area contributed by atoms with E-state index in [0.29, 0.717) is 0 Å². The maximum atomic E-state index is 13.0. The molecule has 7 heteroatoms. The Balaban J connectivity index is 1.34. The van der Waals surface area contributed by atoms with E-state index in [1.165, 1.54) is 17.3 Å². The van der Waals surface area contributed by atoms with Gasteiger partial charge in [0.1, 0.15) is 6.33 Å². The summed E-state index contributed by atoms with van der Waals surface area (Å²) >= 11 is 1.47. The smallest absolute Gasteiger partial charge is 0.235 e. The number of hydrogen-bond donors (Lipinski definition) is 0. The van der Waals surface area contributed by atoms with Crippen molar-refractivity contribution < 1.29 is 4.79 Å². The molecule has 0 spiro atoms. The fourth-order valence-electron chi connectivity index (χ4n) is 3.74. The summed E-state index contributed by atoms with van der Waals surface area (Å²) in [7, 11) is 0. The number of piperazine rings is 1. The standard InChI is InChI=1S/C23H27N5OS/c1-18-8-6-7-11-21(18)28-17-24-25-23(28)30-19(2)22(29)27-14-12-26(13-15-27)16-20-9-4-3-5-10-20/h3-11,17,19H,12-16H2,1-2H3/t19-/m1/s1. The Labute approximate surface area is 181 Å². The van der Waals surface area contributed by atoms with Crippen LogP contribution in [-0.4, -0.2) is 61.9 Å². The molecule has 0 unspecified atom stereocenters. The molecule has 1 saturated heterocycles. The molecular formula is C23H27N5OS. The van der Waals surface area contributed by atoms with Gasteiger partial charge in [-0.2, -0.15) is 0 Å². The Morgan fingerprint density at radius 2 is 1.73 bits per heavy atom. The number of amides is 1. The first-order valence-corrected chi connectivity index (χ1v) is 11.2. The van der Waals surface area contributed by atoms with Gasteiger partial charge in [0.2, 0.25) is 5.91 Å². The lowest BCUT2D eigenvalue weighted by molar-refractivity contribution is -0.132. The van der Waals surface area contributed by atoms with Crippen LogP contribution in [0.25, 0.3) is 5.69 Å². The summed E-state index contributed by atoms with van der Waals surface area (Å²) < 4.78 is 1.96. The zero-order valence-corrected chi connectivity index (χ0v) is 18.3. The van der Waals surface area contributed by atoms with E-state index in [1.54, 1.807) is 6.33 Å². The van der Waals surface area contributed by atoms with Crippen LogP contribution in [0, 0.1) is 6.92 Å². The number of carbonyl (C=O) groups is 1. The Morgan fingerprint density at radius 3 is 2.47 bits per heavy atom. The Bertz CT molecular complexity index is 982. The molecule has 0 saturated carbocycles. The molecule has 0 aliphatic carbocycles. The molecule has 1 atom stereocenters. The van der Waals surface area contributed by atoms with Gasteiger partial charge in [0.15, 0.2) is 5.16 Å². The molecule has 1 aromatic heterocycles. The molecule has 1 aliphatic heterocycles. The fraction of sp³-hybridized carbons (Fsp3) is 0.348. The first-order chi connectivity index (χ1) is 14.6. The van der Waals surface area contributed by atoms with Crippen molar-refractivity contribution in [2.75, 3.05) is 26.2 Å². The van der Waals surface area contributed by atoms with Crippen molar-refractivity contribution in [2.24, 2.45) is 0 Å². The van der Waals surface area contributed by atoms with E-state index in [-0.39, 0.29) is 11.2 Å². The Kier molecular flexibility index (Phi) is 6.50. The van der Waals surface area contributed by atoms with Gasteiger partial charge in [-0.05, 0) is 31.0 Å². The third kappa shape index (κ3) is 4.74. The summed E-state index contributed by atoms with van der Waals surface area (Å²) in [6, 6.07) is 18.6. The number of hydrogen-bond acceptors (Lipinski definition) is 5. The number of nitrogens with zero attached hydrogens (tertiary/aromatic N) is 5. The first-order valence-electron chi connectivity index (χ1n) is 10.3. The molecule has 30 heavy (non-hydrogen) atoms. The monoisotopic (exact) mass is 421 g/mol. The van der Waals surface area contributed by atoms with Gasteiger partial charge in [0.25, 0.3) is 0 Å². The maximum absolute atomic E-state index is 13.0. The number of aromatic nitrogens is 3. The van der Waals surface area contributed by atoms with E-state index < -0.39 is 0 Å². The van der Waals surface area contributed by atoms with Crippen LogP contribution in [0.15, 0.2) is 66.1 Å². The van der Waals surface area contributed by atoms with Gasteiger partial charge in [0.05, 0.1) is 10.9 Å². The topological polar surface area (TPSA) is 54.3 Å². The van der Waals surface area contributed by atoms with Gasteiger partial charge in [-0.15, -0.1) is 10.2 Å². The zero-order chi connectivity index (χ0) is 20.9. The van der Waals surface area contributed by atoms with Crippen LogP contribution in [0.2, 0.25) is 0 Å². The van der Waals surface area contributed by atoms with Gasteiger partial charge in [-0.25, -0.2) is 0 Å². The second-order valence-corrected chi connectivity index (χ2v) is 8.93. The first kappa shape index (κ1) is 20.6. The largest absolute Gasteiger partial charge is 0.339 e. The molecule has 0 bridgehead atoms. The molecule has 2 aromatic carbocycles. The Hall–Kier alpha value is -2.64. The summed E-state index contributed by atoms with van der Waals surface area (Å²) in [6.45, 7) is 8.29. The average molecular weight is 422 g/mol. The number of rotatable bonds is 6. The molecule has 0 radical (unpaired) electrons. The lowest BCUT2D eigenvalue weighted by Gasteiger charge is -2.35. The highest BCUT2D eigenvalue weighted by Gasteiger charge is 2.27. The highest BCUT2D eigenvalue weighted by atomic mass is 32.2. The van der Waals surface area contributed by atoms with Gasteiger partial charge in [-0.1, -0.05) is 60.3 Å². The predicted molar refractivity (Wildman–Crippen MR) is 120 cm³/mol. The molecule has 1 fully saturated rings. The number of benzene rings is 2. The number of thioether (sulfide) groups is 1. The lowest BCUT2D eigenvalue weighted by atomic mass is 10.2. The second-order valence-electron chi connectivity index (χ2n) is 7.62. The van der Waals surface area contributed by atoms with Gasteiger partial charge < -0.3 is 4.90 Å². The van der Waals surface area contributed by atoms with E-state index in [2.05, 4.69) is 52.4 Å². The number of para-hydroxylation sites is 1. The van der Waals surface area contributed by atoms with E-state index >= 15 is 0 Å². The number of aryl methyl sites for hydroxylation is 1. The van der Waals surface area contributed by atoms with Crippen LogP contribution in [-0.2, 0) is 11.3 Å². The summed E-state index contributed by atoms with van der Waals surface area (Å²) in [5, 5.41) is 8.86. The second kappa shape index (κ2) is 9.45. The van der Waals surface area contributed by atoms with Crippen molar-refractivity contribution in [2.45, 2.75) is 30.8 Å². The highest BCUT2D eigenvalue weighted by Crippen LogP contribution is 2.26. The molecule has 1 amide bonds. The normalized spacial score (nSPS) is 15.9. The molecule has 3 aromatic rings. The summed E-state index contributed by atoms with van der Waals surface area (Å²) in [6.07, 6.45) is 1.71. The van der Waals surface area contributed by atoms with Gasteiger partial charge in [-0.3, -0.25) is 14.3 Å². The highest BCUT2D eigenvalue weighted by molar-refractivity contribution is 8.00. The van der Waals surface area contributed by atoms with Crippen LogP contribution in [0.3, 0.4) is 0 Å². The van der Waals surface area contributed by atoms with Crippen molar-refractivity contribution in [1.82, 2.24) is 24.6 Å². The maximum Gasteiger partial charge on any atom is 0.235 e. The molecule has 156 valence electrons. The number of carbonyl (C=O) groups excluding carboxylic acids is 1. The Morgan fingerprint density at radius 1 is 1.03 bits per heavy atom. The average Bonchev–Trinajstić information content (AvgIpc) is 3.22. The van der Waals surface area contributed by atoms with Crippen molar-refractivity contribution in [3.63, 3.8) is 0 Å². The minimum absolute atomic E-state index is 0.165. The van der Waals surface area contributed by atoms with E-state index in [4.69, 9.17) is 0 Å². The summed E-state index contributed by atoms with van der Waals surface area (Å²) in [4.78, 5) is 17.4. The van der Waals surface area contributed by atoms with Crippen molar-refractivity contribution in [1.29, 1.82) is 0 Å². The van der Waals surface area contributed by atoms with E-state index in [9.17, 15) is 4.79 Å². The predicted octanol–water partition coefficient (Wildman–Crippen LogP) is 3.40. The van der Waals surface area contributed by atoms with Crippen LogP contribution < -0.4 is 0 Å². The minimum Gasteiger partial charge on any atom is -0.339 e. The molecular weight excluding hydrogens is 394 g/mol. The van der Waals surface area contributed by atoms with Crippen molar-refractivity contribution >= 4 is 17.7 Å². The van der Waals surface area contributed by atoms with E-state index in [1.807, 2.05) is 40.7 Å². The van der Waals surface area contributed by atoms with Gasteiger partial charge >= 0.3 is 0 Å². The quantitative estimate of drug-likeness (QED) is 0.571. The van der Waals surface area contributed by atoms with Crippen molar-refractivity contribution in [3.05, 3.63) is 72.1 Å². The molecule has 0 N–H and O–H groups in total. The van der Waals surface area contributed by atoms with Crippen LogP contribution in [0.5, 0.6) is 0 Å². The van der Waals surface area contributed by atoms with Crippen LogP contribution in [0.4, 0.5) is 0 Å². The zero-order valence-electron chi connectivity index (χ0n) is 17.4. The minimum atomic E-state index is -0.211. The molecule has 6 nitrogen and oxygen atoms in total. The van der Waals surface area contributed by atoms with Crippen LogP contribution >= 0.6 is 11.8 Å². The molecule has 2 heterocycles. The molecule has 1 aliphatic rings. The van der Waals surface area contributed by atoms with Gasteiger partial charge in [0, 0.05) is 32.7 Å². The van der Waals surface area contributed by atoms with E-state index in [0.717, 1.165) is 49.1 Å². The fourth-order valence-corrected chi connectivity index (χ4v) is 4.66. The third-order valence-electron chi connectivity index (χ3n) is 5.45. The van der Waals surface area contributed by atoms with Crippen LogP contribution in [0.1, 0.15) is 18.1 Å².